The monoisotopic (exact) mass is 327 g/mol. The van der Waals surface area contributed by atoms with Gasteiger partial charge in [0.2, 0.25) is 0 Å². The maximum Gasteiger partial charge on any atom is 0.129 e. The van der Waals surface area contributed by atoms with E-state index in [1.54, 1.807) is 12.1 Å². The zero-order valence-electron chi connectivity index (χ0n) is 9.81. The van der Waals surface area contributed by atoms with Crippen molar-refractivity contribution >= 4 is 33.2 Å². The average molecular weight is 329 g/mol. The summed E-state index contributed by atoms with van der Waals surface area (Å²) in [6.07, 6.45) is 0. The van der Waals surface area contributed by atoms with Crippen molar-refractivity contribution in [1.29, 1.82) is 0 Å². The van der Waals surface area contributed by atoms with Gasteiger partial charge in [-0.05, 0) is 36.8 Å². The Bertz CT molecular complexity index is 572. The topological polar surface area (TPSA) is 12.0 Å². The lowest BCUT2D eigenvalue weighted by molar-refractivity contribution is 0.613. The molecule has 0 fully saturated rings. The molecule has 0 aromatic heterocycles. The predicted molar refractivity (Wildman–Crippen MR) is 77.6 cm³/mol. The molecule has 4 heteroatoms. The van der Waals surface area contributed by atoms with Crippen LogP contribution in [0, 0.1) is 12.7 Å². The van der Waals surface area contributed by atoms with Gasteiger partial charge in [-0.1, -0.05) is 39.7 Å². The minimum absolute atomic E-state index is 0.291. The van der Waals surface area contributed by atoms with Crippen LogP contribution >= 0.6 is 27.5 Å². The molecule has 0 spiro atoms. The van der Waals surface area contributed by atoms with E-state index < -0.39 is 0 Å². The molecular weight excluding hydrogens is 317 g/mol. The van der Waals surface area contributed by atoms with Crippen LogP contribution in [0.5, 0.6) is 0 Å². The van der Waals surface area contributed by atoms with Gasteiger partial charge in [0, 0.05) is 27.3 Å². The molecule has 0 aliphatic carbocycles. The maximum atomic E-state index is 13.6. The molecule has 0 amide bonds. The van der Waals surface area contributed by atoms with E-state index in [9.17, 15) is 4.39 Å². The Hall–Kier alpha value is -1.06. The lowest BCUT2D eigenvalue weighted by atomic mass is 10.2. The van der Waals surface area contributed by atoms with Gasteiger partial charge in [-0.2, -0.15) is 0 Å². The molecule has 1 N–H and O–H groups in total. The molecule has 2 aromatic rings. The maximum absolute atomic E-state index is 13.6. The van der Waals surface area contributed by atoms with Crippen molar-refractivity contribution in [2.45, 2.75) is 13.5 Å². The van der Waals surface area contributed by atoms with Crippen LogP contribution in [0.25, 0.3) is 0 Å². The number of rotatable bonds is 3. The lowest BCUT2D eigenvalue weighted by Gasteiger charge is -2.09. The van der Waals surface area contributed by atoms with Crippen molar-refractivity contribution in [2.75, 3.05) is 5.32 Å². The van der Waals surface area contributed by atoms with Crippen LogP contribution in [0.2, 0.25) is 5.02 Å². The van der Waals surface area contributed by atoms with E-state index in [4.69, 9.17) is 11.6 Å². The van der Waals surface area contributed by atoms with Crippen LogP contribution in [-0.2, 0) is 6.54 Å². The largest absolute Gasteiger partial charge is 0.381 e. The summed E-state index contributed by atoms with van der Waals surface area (Å²) in [5, 5.41) is 3.59. The second-order valence-electron chi connectivity index (χ2n) is 4.05. The third-order valence-electron chi connectivity index (χ3n) is 2.67. The number of anilines is 1. The van der Waals surface area contributed by atoms with Crippen LogP contribution in [0.15, 0.2) is 40.9 Å². The summed E-state index contributed by atoms with van der Waals surface area (Å²) in [7, 11) is 0. The quantitative estimate of drug-likeness (QED) is 0.820. The Morgan fingerprint density at radius 1 is 1.22 bits per heavy atom. The van der Waals surface area contributed by atoms with Crippen molar-refractivity contribution in [3.05, 3.63) is 62.8 Å². The predicted octanol–water partition coefficient (Wildman–Crippen LogP) is 5.16. The van der Waals surface area contributed by atoms with Crippen LogP contribution < -0.4 is 5.32 Å². The van der Waals surface area contributed by atoms with E-state index in [0.717, 1.165) is 10.2 Å². The molecule has 0 unspecified atom stereocenters. The highest BCUT2D eigenvalue weighted by Crippen LogP contribution is 2.22. The van der Waals surface area contributed by atoms with Crippen molar-refractivity contribution in [2.24, 2.45) is 0 Å². The molecule has 0 aliphatic rings. The average Bonchev–Trinajstić information content (AvgIpc) is 2.32. The Morgan fingerprint density at radius 3 is 2.67 bits per heavy atom. The highest BCUT2D eigenvalue weighted by molar-refractivity contribution is 9.10. The normalized spacial score (nSPS) is 10.4. The molecule has 0 saturated heterocycles. The molecule has 2 aromatic carbocycles. The van der Waals surface area contributed by atoms with E-state index in [1.165, 1.54) is 11.6 Å². The van der Waals surface area contributed by atoms with Gasteiger partial charge in [-0.3, -0.25) is 0 Å². The molecular formula is C14H12BrClFN. The van der Waals surface area contributed by atoms with Crippen LogP contribution in [0.1, 0.15) is 11.1 Å². The van der Waals surface area contributed by atoms with E-state index in [-0.39, 0.29) is 5.82 Å². The van der Waals surface area contributed by atoms with E-state index in [1.807, 2.05) is 25.1 Å². The molecule has 0 heterocycles. The van der Waals surface area contributed by atoms with Gasteiger partial charge in [0.05, 0.1) is 0 Å². The number of nitrogens with one attached hydrogen (secondary N) is 1. The minimum Gasteiger partial charge on any atom is -0.381 e. The fraction of sp³-hybridized carbons (Fsp3) is 0.143. The smallest absolute Gasteiger partial charge is 0.129 e. The first kappa shape index (κ1) is 13.4. The van der Waals surface area contributed by atoms with Gasteiger partial charge < -0.3 is 5.32 Å². The zero-order chi connectivity index (χ0) is 13.1. The molecule has 0 atom stereocenters. The van der Waals surface area contributed by atoms with Crippen LogP contribution in [0.4, 0.5) is 10.1 Å². The highest BCUT2D eigenvalue weighted by Gasteiger charge is 2.03. The molecule has 18 heavy (non-hydrogen) atoms. The number of benzene rings is 2. The first-order chi connectivity index (χ1) is 8.56. The summed E-state index contributed by atoms with van der Waals surface area (Å²) >= 11 is 9.17. The molecule has 0 saturated carbocycles. The molecule has 0 aliphatic heterocycles. The van der Waals surface area contributed by atoms with Crippen molar-refractivity contribution in [3.8, 4) is 0 Å². The summed E-state index contributed by atoms with van der Waals surface area (Å²) in [4.78, 5) is 0. The van der Waals surface area contributed by atoms with Gasteiger partial charge in [-0.25, -0.2) is 4.39 Å². The third-order valence-corrected chi connectivity index (χ3v) is 3.76. The Labute approximate surface area is 119 Å². The van der Waals surface area contributed by atoms with Crippen LogP contribution in [-0.4, -0.2) is 0 Å². The Kier molecular flexibility index (Phi) is 4.25. The van der Waals surface area contributed by atoms with Gasteiger partial charge in [0.15, 0.2) is 0 Å². The SMILES string of the molecule is Cc1ccc(NCc2ccc(Cl)cc2F)cc1Br. The van der Waals surface area contributed by atoms with Gasteiger partial charge in [0.1, 0.15) is 5.82 Å². The van der Waals surface area contributed by atoms with Crippen molar-refractivity contribution in [3.63, 3.8) is 0 Å². The third kappa shape index (κ3) is 3.24. The molecule has 2 rings (SSSR count). The van der Waals surface area contributed by atoms with Crippen LogP contribution in [0.3, 0.4) is 0 Å². The van der Waals surface area contributed by atoms with Crippen molar-refractivity contribution < 1.29 is 4.39 Å². The van der Waals surface area contributed by atoms with Crippen molar-refractivity contribution in [1.82, 2.24) is 0 Å². The summed E-state index contributed by atoms with van der Waals surface area (Å²) in [6, 6.07) is 10.6. The van der Waals surface area contributed by atoms with Gasteiger partial charge in [-0.15, -0.1) is 0 Å². The second kappa shape index (κ2) is 5.72. The van der Waals surface area contributed by atoms with Gasteiger partial charge in [0.25, 0.3) is 0 Å². The fourth-order valence-electron chi connectivity index (χ4n) is 1.57. The van der Waals surface area contributed by atoms with E-state index in [2.05, 4.69) is 21.2 Å². The highest BCUT2D eigenvalue weighted by atomic mass is 79.9. The van der Waals surface area contributed by atoms with Gasteiger partial charge >= 0.3 is 0 Å². The molecule has 1 nitrogen and oxygen atoms in total. The first-order valence-electron chi connectivity index (χ1n) is 5.50. The Balaban J connectivity index is 2.09. The molecule has 0 radical (unpaired) electrons. The molecule has 94 valence electrons. The zero-order valence-corrected chi connectivity index (χ0v) is 12.1. The van der Waals surface area contributed by atoms with E-state index >= 15 is 0 Å². The Morgan fingerprint density at radius 2 is 2.00 bits per heavy atom. The number of hydrogen-bond donors (Lipinski definition) is 1. The molecule has 0 bridgehead atoms. The standard InChI is InChI=1S/C14H12BrClFN/c1-9-2-5-12(7-13(9)15)18-8-10-3-4-11(16)6-14(10)17/h2-7,18H,8H2,1H3. The summed E-state index contributed by atoms with van der Waals surface area (Å²) in [5.74, 6) is -0.291. The fourth-order valence-corrected chi connectivity index (χ4v) is 2.10. The first-order valence-corrected chi connectivity index (χ1v) is 6.67. The summed E-state index contributed by atoms with van der Waals surface area (Å²) in [5.41, 5.74) is 2.70. The summed E-state index contributed by atoms with van der Waals surface area (Å²) < 4.78 is 14.6. The number of halogens is 3. The summed E-state index contributed by atoms with van der Waals surface area (Å²) in [6.45, 7) is 2.45. The second-order valence-corrected chi connectivity index (χ2v) is 5.34. The lowest BCUT2D eigenvalue weighted by Crippen LogP contribution is -2.01. The van der Waals surface area contributed by atoms with E-state index in [0.29, 0.717) is 17.1 Å². The number of hydrogen-bond acceptors (Lipinski definition) is 1. The minimum atomic E-state index is -0.291. The number of aryl methyl sites for hydroxylation is 1.